The van der Waals surface area contributed by atoms with Crippen LogP contribution in [0.15, 0.2) is 0 Å². The van der Waals surface area contributed by atoms with Gasteiger partial charge in [0.25, 0.3) is 0 Å². The second kappa shape index (κ2) is 3.84. The van der Waals surface area contributed by atoms with Crippen molar-refractivity contribution in [1.29, 1.82) is 0 Å². The van der Waals surface area contributed by atoms with Gasteiger partial charge in [0.1, 0.15) is 11.9 Å². The molecule has 0 aliphatic carbocycles. The third kappa shape index (κ3) is 1.51. The molecule has 2 nitrogen and oxygen atoms in total. The quantitative estimate of drug-likeness (QED) is 0.703. The van der Waals surface area contributed by atoms with E-state index in [9.17, 15) is 4.79 Å². The molecule has 0 aromatic heterocycles. The van der Waals surface area contributed by atoms with Crippen LogP contribution < -0.4 is 4.74 Å². The van der Waals surface area contributed by atoms with Crippen molar-refractivity contribution in [3.63, 3.8) is 0 Å². The van der Waals surface area contributed by atoms with Crippen LogP contribution in [0, 0.1) is 20.8 Å². The largest absolute Gasteiger partial charge is 0.489 e. The number of hydrogen-bond donors (Lipinski definition) is 0. The van der Waals surface area contributed by atoms with E-state index in [1.54, 1.807) is 6.92 Å². The zero-order valence-electron chi connectivity index (χ0n) is 12.4. The van der Waals surface area contributed by atoms with E-state index in [-0.39, 0.29) is 17.3 Å². The minimum absolute atomic E-state index is 0.0396. The molecule has 0 saturated heterocycles. The molecule has 0 N–H and O–H groups in total. The Bertz CT molecular complexity index is 539. The molecule has 1 heterocycles. The number of ketones is 1. The maximum absolute atomic E-state index is 11.9. The van der Waals surface area contributed by atoms with Crippen molar-refractivity contribution in [2.24, 2.45) is 0 Å². The van der Waals surface area contributed by atoms with Gasteiger partial charge in [0.15, 0.2) is 5.78 Å². The maximum atomic E-state index is 11.9. The van der Waals surface area contributed by atoms with E-state index < -0.39 is 0 Å². The Morgan fingerprint density at radius 2 is 1.67 bits per heavy atom. The number of carbonyl (C=O) groups is 1. The first-order chi connectivity index (χ1) is 8.19. The molecule has 2 heteroatoms. The van der Waals surface area contributed by atoms with E-state index >= 15 is 0 Å². The van der Waals surface area contributed by atoms with Crippen LogP contribution in [0.5, 0.6) is 5.75 Å². The molecule has 1 aliphatic heterocycles. The first-order valence-corrected chi connectivity index (χ1v) is 6.51. The summed E-state index contributed by atoms with van der Waals surface area (Å²) in [4.78, 5) is 11.9. The average Bonchev–Trinajstić information content (AvgIpc) is 2.47. The Hall–Kier alpha value is -1.31. The van der Waals surface area contributed by atoms with Crippen molar-refractivity contribution >= 4 is 5.78 Å². The lowest BCUT2D eigenvalue weighted by molar-refractivity contribution is 0.101. The SMILES string of the molecule is CC(=O)c1c(C)c(C)c2c(c1C)C(C)(C)C(C)O2. The van der Waals surface area contributed by atoms with E-state index in [0.29, 0.717) is 0 Å². The van der Waals surface area contributed by atoms with Crippen LogP contribution in [0.2, 0.25) is 0 Å². The van der Waals surface area contributed by atoms with Crippen molar-refractivity contribution < 1.29 is 9.53 Å². The summed E-state index contributed by atoms with van der Waals surface area (Å²) >= 11 is 0. The summed E-state index contributed by atoms with van der Waals surface area (Å²) < 4.78 is 6.04. The van der Waals surface area contributed by atoms with Crippen molar-refractivity contribution in [2.45, 2.75) is 60.0 Å². The average molecular weight is 246 g/mol. The molecule has 18 heavy (non-hydrogen) atoms. The summed E-state index contributed by atoms with van der Waals surface area (Å²) in [6.07, 6.45) is 0.145. The van der Waals surface area contributed by atoms with Gasteiger partial charge in [0, 0.05) is 16.5 Å². The minimum Gasteiger partial charge on any atom is -0.489 e. The fourth-order valence-electron chi connectivity index (χ4n) is 3.10. The smallest absolute Gasteiger partial charge is 0.160 e. The second-order valence-corrected chi connectivity index (χ2v) is 5.99. The predicted molar refractivity (Wildman–Crippen MR) is 73.8 cm³/mol. The van der Waals surface area contributed by atoms with E-state index in [1.807, 2.05) is 20.8 Å². The van der Waals surface area contributed by atoms with Crippen LogP contribution >= 0.6 is 0 Å². The number of hydrogen-bond acceptors (Lipinski definition) is 2. The van der Waals surface area contributed by atoms with E-state index in [2.05, 4.69) is 20.8 Å². The zero-order valence-corrected chi connectivity index (χ0v) is 12.4. The normalized spacial score (nSPS) is 20.5. The Labute approximate surface area is 109 Å². The monoisotopic (exact) mass is 246 g/mol. The van der Waals surface area contributed by atoms with Gasteiger partial charge in [-0.05, 0) is 51.3 Å². The first kappa shape index (κ1) is 13.1. The number of ether oxygens (including phenoxy) is 1. The van der Waals surface area contributed by atoms with Gasteiger partial charge in [-0.2, -0.15) is 0 Å². The summed E-state index contributed by atoms with van der Waals surface area (Å²) in [5, 5.41) is 0. The lowest BCUT2D eigenvalue weighted by Crippen LogP contribution is -2.29. The van der Waals surface area contributed by atoms with E-state index in [0.717, 1.165) is 28.0 Å². The molecule has 0 bridgehead atoms. The Morgan fingerprint density at radius 3 is 2.17 bits per heavy atom. The van der Waals surface area contributed by atoms with Gasteiger partial charge >= 0.3 is 0 Å². The van der Waals surface area contributed by atoms with Gasteiger partial charge in [0.05, 0.1) is 0 Å². The zero-order chi connectivity index (χ0) is 13.8. The number of benzene rings is 1. The first-order valence-electron chi connectivity index (χ1n) is 6.51. The molecular formula is C16H22O2. The molecule has 1 aromatic rings. The molecule has 1 atom stereocenters. The molecule has 0 radical (unpaired) electrons. The Balaban J connectivity index is 2.87. The highest BCUT2D eigenvalue weighted by molar-refractivity contribution is 5.98. The van der Waals surface area contributed by atoms with Gasteiger partial charge in [0.2, 0.25) is 0 Å². The third-order valence-electron chi connectivity index (χ3n) is 4.56. The van der Waals surface area contributed by atoms with E-state index in [1.165, 1.54) is 5.56 Å². The van der Waals surface area contributed by atoms with Gasteiger partial charge in [-0.15, -0.1) is 0 Å². The molecule has 0 fully saturated rings. The van der Waals surface area contributed by atoms with Crippen LogP contribution in [0.4, 0.5) is 0 Å². The van der Waals surface area contributed by atoms with Crippen LogP contribution in [-0.4, -0.2) is 11.9 Å². The second-order valence-electron chi connectivity index (χ2n) is 5.99. The standard InChI is InChI=1S/C16H22O2/c1-8-9(2)15-14(10(3)13(8)11(4)17)16(6,7)12(5)18-15/h12H,1-7H3. The summed E-state index contributed by atoms with van der Waals surface area (Å²) in [6.45, 7) is 14.2. The molecule has 2 rings (SSSR count). The van der Waals surface area contributed by atoms with Gasteiger partial charge in [-0.3, -0.25) is 4.79 Å². The summed E-state index contributed by atoms with van der Waals surface area (Å²) in [5.74, 6) is 1.14. The molecule has 0 spiro atoms. The number of carbonyl (C=O) groups excluding carboxylic acids is 1. The van der Waals surface area contributed by atoms with Crippen LogP contribution in [0.1, 0.15) is 60.3 Å². The summed E-state index contributed by atoms with van der Waals surface area (Å²) in [7, 11) is 0. The minimum atomic E-state index is -0.0396. The molecule has 0 amide bonds. The lowest BCUT2D eigenvalue weighted by Gasteiger charge is -2.24. The molecule has 98 valence electrons. The maximum Gasteiger partial charge on any atom is 0.160 e. The fourth-order valence-corrected chi connectivity index (χ4v) is 3.10. The molecular weight excluding hydrogens is 224 g/mol. The highest BCUT2D eigenvalue weighted by Gasteiger charge is 2.42. The third-order valence-corrected chi connectivity index (χ3v) is 4.56. The van der Waals surface area contributed by atoms with Crippen LogP contribution in [0.3, 0.4) is 0 Å². The Kier molecular flexibility index (Phi) is 2.80. The van der Waals surface area contributed by atoms with E-state index in [4.69, 9.17) is 4.74 Å². The topological polar surface area (TPSA) is 26.3 Å². The lowest BCUT2D eigenvalue weighted by atomic mass is 9.76. The molecule has 1 aliphatic rings. The highest BCUT2D eigenvalue weighted by atomic mass is 16.5. The van der Waals surface area contributed by atoms with Crippen molar-refractivity contribution in [3.8, 4) is 5.75 Å². The highest BCUT2D eigenvalue weighted by Crippen LogP contribution is 2.48. The van der Waals surface area contributed by atoms with Crippen molar-refractivity contribution in [1.82, 2.24) is 0 Å². The van der Waals surface area contributed by atoms with Crippen LogP contribution in [0.25, 0.3) is 0 Å². The number of fused-ring (bicyclic) bond motifs is 1. The van der Waals surface area contributed by atoms with Crippen LogP contribution in [-0.2, 0) is 5.41 Å². The molecule has 1 aromatic carbocycles. The summed E-state index contributed by atoms with van der Waals surface area (Å²) in [6, 6.07) is 0. The van der Waals surface area contributed by atoms with Gasteiger partial charge in [-0.1, -0.05) is 13.8 Å². The molecule has 1 unspecified atom stereocenters. The fraction of sp³-hybridized carbons (Fsp3) is 0.562. The molecule has 0 saturated carbocycles. The van der Waals surface area contributed by atoms with Gasteiger partial charge < -0.3 is 4.74 Å². The Morgan fingerprint density at radius 1 is 1.11 bits per heavy atom. The summed E-state index contributed by atoms with van der Waals surface area (Å²) in [5.41, 5.74) is 5.30. The van der Waals surface area contributed by atoms with Crippen molar-refractivity contribution in [2.75, 3.05) is 0 Å². The van der Waals surface area contributed by atoms with Crippen molar-refractivity contribution in [3.05, 3.63) is 27.8 Å². The van der Waals surface area contributed by atoms with Gasteiger partial charge in [-0.25, -0.2) is 0 Å². The number of rotatable bonds is 1. The predicted octanol–water partition coefficient (Wildman–Crippen LogP) is 3.87. The number of Topliss-reactive ketones (excluding diaryl/α,β-unsaturated/α-hetero) is 1.